The Kier molecular flexibility index (Phi) is 13.4. The number of aliphatic hydroxyl groups excluding tert-OH is 1. The fourth-order valence-electron chi connectivity index (χ4n) is 4.26. The highest BCUT2D eigenvalue weighted by Crippen LogP contribution is 2.26. The van der Waals surface area contributed by atoms with E-state index in [1.807, 2.05) is 4.90 Å². The van der Waals surface area contributed by atoms with Gasteiger partial charge in [-0.1, -0.05) is 19.8 Å². The van der Waals surface area contributed by atoms with Crippen molar-refractivity contribution in [3.8, 4) is 0 Å². The molecule has 7 nitrogen and oxygen atoms in total. The Morgan fingerprint density at radius 2 is 1.50 bits per heavy atom. The Labute approximate surface area is 199 Å². The van der Waals surface area contributed by atoms with Crippen LogP contribution in [0.15, 0.2) is 0 Å². The molecule has 1 atom stereocenters. The minimum Gasteiger partial charge on any atom is -0.437 e. The summed E-state index contributed by atoms with van der Waals surface area (Å²) in [6.45, 7) is 18.8. The van der Waals surface area contributed by atoms with Crippen LogP contribution in [0.3, 0.4) is 0 Å². The Hall–Kier alpha value is -0.0794. The van der Waals surface area contributed by atoms with Crippen LogP contribution in [0.5, 0.6) is 0 Å². The van der Waals surface area contributed by atoms with Gasteiger partial charge < -0.3 is 27.7 Å². The molecular weight excluding hydrogens is 459 g/mol. The smallest absolute Gasteiger partial charge is 0.311 e. The van der Waals surface area contributed by atoms with Gasteiger partial charge in [-0.25, -0.2) is 0 Å². The summed E-state index contributed by atoms with van der Waals surface area (Å²) in [5.74, 6) is 0.202. The number of nitrogens with zero attached hydrogens (tertiary/aromatic N) is 1. The molecule has 0 saturated carbocycles. The van der Waals surface area contributed by atoms with Crippen LogP contribution >= 0.6 is 0 Å². The van der Waals surface area contributed by atoms with E-state index >= 15 is 0 Å². The quantitative estimate of drug-likeness (QED) is 0.220. The van der Waals surface area contributed by atoms with Gasteiger partial charge in [-0.2, -0.15) is 0 Å². The number of hydrogen-bond donors (Lipinski definition) is 1. The average Bonchev–Trinajstić information content (AvgIpc) is 3.06. The zero-order valence-corrected chi connectivity index (χ0v) is 24.7. The maximum absolute atomic E-state index is 11.5. The second-order valence-electron chi connectivity index (χ2n) is 10.6. The number of ether oxygens (including phenoxy) is 2. The lowest BCUT2D eigenvalue weighted by molar-refractivity contribution is -0.128. The number of carbonyl (C=O) groups is 1. The van der Waals surface area contributed by atoms with Gasteiger partial charge in [0, 0.05) is 26.1 Å². The van der Waals surface area contributed by atoms with E-state index in [1.54, 1.807) is 0 Å². The third-order valence-electron chi connectivity index (χ3n) is 5.54. The van der Waals surface area contributed by atoms with Crippen molar-refractivity contribution in [2.24, 2.45) is 0 Å². The first kappa shape index (κ1) is 30.0. The van der Waals surface area contributed by atoms with E-state index < -0.39 is 31.3 Å². The van der Waals surface area contributed by atoms with Crippen LogP contribution in [0.25, 0.3) is 0 Å². The van der Waals surface area contributed by atoms with Crippen LogP contribution in [0, 0.1) is 0 Å². The highest BCUT2D eigenvalue weighted by atomic mass is 28.5. The molecule has 10 heteroatoms. The van der Waals surface area contributed by atoms with Crippen LogP contribution in [-0.2, 0) is 22.5 Å². The highest BCUT2D eigenvalue weighted by Gasteiger charge is 2.39. The van der Waals surface area contributed by atoms with Crippen molar-refractivity contribution in [3.63, 3.8) is 0 Å². The lowest BCUT2D eigenvalue weighted by Gasteiger charge is -2.38. The molecule has 0 spiro atoms. The van der Waals surface area contributed by atoms with E-state index in [9.17, 15) is 9.90 Å². The Bertz CT molecular complexity index is 548. The molecule has 1 rings (SSSR count). The van der Waals surface area contributed by atoms with Crippen molar-refractivity contribution in [2.75, 3.05) is 39.5 Å². The average molecular weight is 508 g/mol. The molecule has 1 unspecified atom stereocenters. The van der Waals surface area contributed by atoms with Crippen molar-refractivity contribution in [1.82, 2.24) is 4.90 Å². The second kappa shape index (κ2) is 14.4. The van der Waals surface area contributed by atoms with Gasteiger partial charge in [0.25, 0.3) is 0 Å². The third kappa shape index (κ3) is 13.6. The SMILES string of the molecule is CCCC[Si](C)(C)O[Si](C)(C)O[Si](C)(C)CCCOCC(O)COCCN1CCCC1=O. The minimum absolute atomic E-state index is 0.202. The van der Waals surface area contributed by atoms with Gasteiger partial charge in [0.15, 0.2) is 16.6 Å². The van der Waals surface area contributed by atoms with Gasteiger partial charge in [0.05, 0.1) is 19.8 Å². The summed E-state index contributed by atoms with van der Waals surface area (Å²) in [6, 6.07) is 2.21. The number of rotatable bonds is 18. The molecule has 1 saturated heterocycles. The van der Waals surface area contributed by atoms with Gasteiger partial charge in [0.1, 0.15) is 6.10 Å². The zero-order chi connectivity index (χ0) is 24.3. The molecule has 1 amide bonds. The molecule has 1 aliphatic heterocycles. The molecule has 1 fully saturated rings. The van der Waals surface area contributed by atoms with Gasteiger partial charge in [-0.3, -0.25) is 4.79 Å². The third-order valence-corrected chi connectivity index (χ3v) is 17.0. The van der Waals surface area contributed by atoms with Crippen molar-refractivity contribution in [2.45, 2.75) is 96.5 Å². The number of amides is 1. The molecule has 0 radical (unpaired) electrons. The maximum Gasteiger partial charge on any atom is 0.311 e. The number of likely N-dealkylation sites (tertiary alicyclic amines) is 1. The van der Waals surface area contributed by atoms with Gasteiger partial charge in [-0.15, -0.1) is 0 Å². The first-order valence-electron chi connectivity index (χ1n) is 12.4. The Balaban J connectivity index is 2.16. The highest BCUT2D eigenvalue weighted by molar-refractivity contribution is 6.87. The van der Waals surface area contributed by atoms with Crippen molar-refractivity contribution >= 4 is 31.1 Å². The van der Waals surface area contributed by atoms with Crippen LogP contribution in [0.1, 0.15) is 39.0 Å². The van der Waals surface area contributed by atoms with E-state index in [-0.39, 0.29) is 19.1 Å². The molecule has 0 aromatic rings. The molecule has 1 heterocycles. The molecule has 0 bridgehead atoms. The standard InChI is InChI=1S/C22H49NO6Si3/c1-8-9-17-30(2,3)28-32(6,7)29-31(4,5)18-11-15-26-19-21(24)20-27-16-14-23-13-10-12-22(23)25/h21,24H,8-20H2,1-7H3. The molecule has 32 heavy (non-hydrogen) atoms. The molecular formula is C22H49NO6Si3. The molecule has 0 aromatic carbocycles. The van der Waals surface area contributed by atoms with E-state index in [2.05, 4.69) is 46.2 Å². The lowest BCUT2D eigenvalue weighted by Crippen LogP contribution is -2.52. The molecule has 0 aromatic heterocycles. The summed E-state index contributed by atoms with van der Waals surface area (Å²) >= 11 is 0. The van der Waals surface area contributed by atoms with Crippen molar-refractivity contribution in [3.05, 3.63) is 0 Å². The minimum atomic E-state index is -2.14. The predicted molar refractivity (Wildman–Crippen MR) is 137 cm³/mol. The van der Waals surface area contributed by atoms with Crippen LogP contribution in [-0.4, -0.2) is 86.7 Å². The normalized spacial score (nSPS) is 16.8. The number of aliphatic hydroxyl groups is 1. The summed E-state index contributed by atoms with van der Waals surface area (Å²) in [5.41, 5.74) is 0. The van der Waals surface area contributed by atoms with Crippen molar-refractivity contribution in [1.29, 1.82) is 0 Å². The summed E-state index contributed by atoms with van der Waals surface area (Å²) in [6.07, 6.45) is 4.31. The van der Waals surface area contributed by atoms with E-state index in [4.69, 9.17) is 17.7 Å². The largest absolute Gasteiger partial charge is 0.437 e. The van der Waals surface area contributed by atoms with Gasteiger partial charge in [0.2, 0.25) is 5.91 Å². The van der Waals surface area contributed by atoms with Gasteiger partial charge >= 0.3 is 8.56 Å². The summed E-state index contributed by atoms with van der Waals surface area (Å²) < 4.78 is 24.4. The fraction of sp³-hybridized carbons (Fsp3) is 0.955. The van der Waals surface area contributed by atoms with E-state index in [0.717, 1.165) is 25.4 Å². The lowest BCUT2D eigenvalue weighted by atomic mass is 10.4. The molecule has 190 valence electrons. The topological polar surface area (TPSA) is 77.5 Å². The summed E-state index contributed by atoms with van der Waals surface area (Å²) in [7, 11) is -5.64. The zero-order valence-electron chi connectivity index (χ0n) is 21.7. The van der Waals surface area contributed by atoms with Crippen LogP contribution < -0.4 is 0 Å². The van der Waals surface area contributed by atoms with Gasteiger partial charge in [-0.05, 0) is 64.2 Å². The van der Waals surface area contributed by atoms with Crippen molar-refractivity contribution < 1.29 is 27.6 Å². The first-order valence-corrected chi connectivity index (χ1v) is 21.4. The molecule has 0 aliphatic carbocycles. The molecule has 1 N–H and O–H groups in total. The summed E-state index contributed by atoms with van der Waals surface area (Å²) in [4.78, 5) is 13.4. The Morgan fingerprint density at radius 1 is 0.938 bits per heavy atom. The second-order valence-corrected chi connectivity index (χ2v) is 23.1. The van der Waals surface area contributed by atoms with E-state index in [1.165, 1.54) is 18.9 Å². The van der Waals surface area contributed by atoms with E-state index in [0.29, 0.717) is 26.2 Å². The van der Waals surface area contributed by atoms with Crippen LogP contribution in [0.4, 0.5) is 0 Å². The number of hydrogen-bond acceptors (Lipinski definition) is 6. The number of carbonyl (C=O) groups excluding carboxylic acids is 1. The fourth-order valence-corrected chi connectivity index (χ4v) is 18.5. The number of unbranched alkanes of at least 4 members (excludes halogenated alkanes) is 1. The van der Waals surface area contributed by atoms with Crippen LogP contribution in [0.2, 0.25) is 51.4 Å². The Morgan fingerprint density at radius 3 is 2.03 bits per heavy atom. The first-order chi connectivity index (χ1) is 14.9. The predicted octanol–water partition coefficient (Wildman–Crippen LogP) is 4.34. The molecule has 1 aliphatic rings. The summed E-state index contributed by atoms with van der Waals surface area (Å²) in [5, 5.41) is 10.0. The maximum atomic E-state index is 11.5. The monoisotopic (exact) mass is 507 g/mol.